The van der Waals surface area contributed by atoms with Gasteiger partial charge >= 0.3 is 5.76 Å². The van der Waals surface area contributed by atoms with E-state index < -0.39 is 11.8 Å². The molecule has 6 heteroatoms. The molecule has 1 unspecified atom stereocenters. The number of hydrogen-bond donors (Lipinski definition) is 0. The van der Waals surface area contributed by atoms with Crippen molar-refractivity contribution in [2.45, 2.75) is 19.4 Å². The number of nitrogens with zero attached hydrogens (tertiary/aromatic N) is 3. The number of carbonyl (C=O) groups excluding carboxylic acids is 1. The molecule has 1 saturated heterocycles. The van der Waals surface area contributed by atoms with Crippen molar-refractivity contribution in [2.24, 2.45) is 0 Å². The van der Waals surface area contributed by atoms with Crippen LogP contribution in [0.2, 0.25) is 0 Å². The van der Waals surface area contributed by atoms with Gasteiger partial charge in [-0.15, -0.1) is 5.10 Å². The second-order valence-electron chi connectivity index (χ2n) is 3.40. The summed E-state index contributed by atoms with van der Waals surface area (Å²) in [6.07, 6.45) is 0.612. The van der Waals surface area contributed by atoms with E-state index in [4.69, 9.17) is 4.42 Å². The van der Waals surface area contributed by atoms with Crippen molar-refractivity contribution in [3.05, 3.63) is 16.4 Å². The van der Waals surface area contributed by atoms with Gasteiger partial charge in [0.15, 0.2) is 0 Å². The van der Waals surface area contributed by atoms with Gasteiger partial charge in [-0.1, -0.05) is 0 Å². The molecule has 0 saturated carbocycles. The Labute approximate surface area is 80.1 Å². The normalized spacial score (nSPS) is 22.0. The second kappa shape index (κ2) is 2.97. The molecule has 1 atom stereocenters. The topological polar surface area (TPSA) is 68.3 Å². The SMILES string of the molecule is Cc1nn(C2CCN(C)C2=O)c(=O)o1. The summed E-state index contributed by atoms with van der Waals surface area (Å²) in [4.78, 5) is 24.4. The van der Waals surface area contributed by atoms with Crippen LogP contribution in [0, 0.1) is 6.92 Å². The Morgan fingerprint density at radius 3 is 2.64 bits per heavy atom. The lowest BCUT2D eigenvalue weighted by molar-refractivity contribution is -0.129. The lowest BCUT2D eigenvalue weighted by Crippen LogP contribution is -2.29. The minimum absolute atomic E-state index is 0.0830. The van der Waals surface area contributed by atoms with E-state index in [0.717, 1.165) is 4.68 Å². The first-order chi connectivity index (χ1) is 6.59. The summed E-state index contributed by atoms with van der Waals surface area (Å²) >= 11 is 0. The van der Waals surface area contributed by atoms with Crippen LogP contribution >= 0.6 is 0 Å². The molecule has 0 aromatic carbocycles. The maximum absolute atomic E-state index is 11.6. The molecule has 1 aromatic heterocycles. The molecule has 0 spiro atoms. The monoisotopic (exact) mass is 197 g/mol. The van der Waals surface area contributed by atoms with E-state index in [-0.39, 0.29) is 11.8 Å². The number of rotatable bonds is 1. The average molecular weight is 197 g/mol. The fourth-order valence-electron chi connectivity index (χ4n) is 1.61. The Bertz CT molecular complexity index is 420. The Kier molecular flexibility index (Phi) is 1.90. The second-order valence-corrected chi connectivity index (χ2v) is 3.40. The molecule has 0 aliphatic carbocycles. The van der Waals surface area contributed by atoms with Gasteiger partial charge in [0.05, 0.1) is 0 Å². The van der Waals surface area contributed by atoms with Crippen LogP contribution < -0.4 is 5.76 Å². The van der Waals surface area contributed by atoms with E-state index in [2.05, 4.69) is 5.10 Å². The van der Waals surface area contributed by atoms with Crippen molar-refractivity contribution in [3.63, 3.8) is 0 Å². The Morgan fingerprint density at radius 1 is 1.50 bits per heavy atom. The molecule has 1 aliphatic heterocycles. The molecular formula is C8H11N3O3. The van der Waals surface area contributed by atoms with Gasteiger partial charge in [-0.25, -0.2) is 4.79 Å². The smallest absolute Gasteiger partial charge is 0.393 e. The number of aryl methyl sites for hydroxylation is 1. The van der Waals surface area contributed by atoms with Gasteiger partial charge in [-0.2, -0.15) is 4.68 Å². The predicted molar refractivity (Wildman–Crippen MR) is 46.8 cm³/mol. The standard InChI is InChI=1S/C8H11N3O3/c1-5-9-11(8(13)14-5)6-3-4-10(2)7(6)12/h6H,3-4H2,1-2H3. The first-order valence-electron chi connectivity index (χ1n) is 4.41. The van der Waals surface area contributed by atoms with Crippen LogP contribution in [0.5, 0.6) is 0 Å². The van der Waals surface area contributed by atoms with Gasteiger partial charge in [0, 0.05) is 20.5 Å². The molecule has 2 rings (SSSR count). The number of carbonyl (C=O) groups is 1. The van der Waals surface area contributed by atoms with Crippen molar-refractivity contribution in [3.8, 4) is 0 Å². The molecule has 76 valence electrons. The molecule has 2 heterocycles. The molecule has 1 amide bonds. The number of amides is 1. The van der Waals surface area contributed by atoms with Crippen LogP contribution in [-0.4, -0.2) is 34.2 Å². The zero-order valence-corrected chi connectivity index (χ0v) is 8.06. The van der Waals surface area contributed by atoms with Crippen molar-refractivity contribution < 1.29 is 9.21 Å². The molecule has 1 aromatic rings. The minimum Gasteiger partial charge on any atom is -0.393 e. The van der Waals surface area contributed by atoms with Gasteiger partial charge in [0.2, 0.25) is 11.8 Å². The third kappa shape index (κ3) is 1.23. The summed E-state index contributed by atoms with van der Waals surface area (Å²) in [5.41, 5.74) is 0. The van der Waals surface area contributed by atoms with Crippen LogP contribution in [0.3, 0.4) is 0 Å². The molecule has 1 aliphatic rings. The van der Waals surface area contributed by atoms with Crippen LogP contribution in [-0.2, 0) is 4.79 Å². The fraction of sp³-hybridized carbons (Fsp3) is 0.625. The third-order valence-electron chi connectivity index (χ3n) is 2.37. The largest absolute Gasteiger partial charge is 0.437 e. The van der Waals surface area contributed by atoms with Crippen LogP contribution in [0.1, 0.15) is 18.4 Å². The zero-order chi connectivity index (χ0) is 10.3. The van der Waals surface area contributed by atoms with E-state index in [1.165, 1.54) is 0 Å². The molecular weight excluding hydrogens is 186 g/mol. The molecule has 0 N–H and O–H groups in total. The lowest BCUT2D eigenvalue weighted by Gasteiger charge is -2.08. The number of likely N-dealkylation sites (tertiary alicyclic amines) is 1. The van der Waals surface area contributed by atoms with Gasteiger partial charge in [0.25, 0.3) is 0 Å². The van der Waals surface area contributed by atoms with E-state index >= 15 is 0 Å². The van der Waals surface area contributed by atoms with Crippen molar-refractivity contribution in [1.29, 1.82) is 0 Å². The summed E-state index contributed by atoms with van der Waals surface area (Å²) in [6, 6.07) is -0.482. The molecule has 0 bridgehead atoms. The molecule has 6 nitrogen and oxygen atoms in total. The van der Waals surface area contributed by atoms with E-state index in [1.807, 2.05) is 0 Å². The van der Waals surface area contributed by atoms with Crippen molar-refractivity contribution in [2.75, 3.05) is 13.6 Å². The van der Waals surface area contributed by atoms with E-state index in [9.17, 15) is 9.59 Å². The highest BCUT2D eigenvalue weighted by molar-refractivity contribution is 5.82. The molecule has 1 fully saturated rings. The van der Waals surface area contributed by atoms with Crippen LogP contribution in [0.4, 0.5) is 0 Å². The Morgan fingerprint density at radius 2 is 2.21 bits per heavy atom. The summed E-state index contributed by atoms with van der Waals surface area (Å²) < 4.78 is 5.86. The summed E-state index contributed by atoms with van der Waals surface area (Å²) in [7, 11) is 1.71. The average Bonchev–Trinajstić information content (AvgIpc) is 2.59. The number of likely N-dealkylation sites (N-methyl/N-ethyl adjacent to an activating group) is 1. The quantitative estimate of drug-likeness (QED) is 0.611. The highest BCUT2D eigenvalue weighted by Crippen LogP contribution is 2.19. The number of hydrogen-bond acceptors (Lipinski definition) is 4. The maximum atomic E-state index is 11.6. The van der Waals surface area contributed by atoms with Crippen LogP contribution in [0.25, 0.3) is 0 Å². The first-order valence-corrected chi connectivity index (χ1v) is 4.41. The van der Waals surface area contributed by atoms with Gasteiger partial charge in [0.1, 0.15) is 6.04 Å². The summed E-state index contributed by atoms with van der Waals surface area (Å²) in [6.45, 7) is 2.24. The highest BCUT2D eigenvalue weighted by atomic mass is 16.4. The molecule has 0 radical (unpaired) electrons. The summed E-state index contributed by atoms with van der Waals surface area (Å²) in [5.74, 6) is -0.353. The Hall–Kier alpha value is -1.59. The maximum Gasteiger partial charge on any atom is 0.437 e. The Balaban J connectivity index is 2.37. The van der Waals surface area contributed by atoms with Gasteiger partial charge < -0.3 is 9.32 Å². The van der Waals surface area contributed by atoms with E-state index in [0.29, 0.717) is 13.0 Å². The van der Waals surface area contributed by atoms with Gasteiger partial charge in [-0.05, 0) is 6.42 Å². The van der Waals surface area contributed by atoms with E-state index in [1.54, 1.807) is 18.9 Å². The van der Waals surface area contributed by atoms with Gasteiger partial charge in [-0.3, -0.25) is 4.79 Å². The van der Waals surface area contributed by atoms with Crippen molar-refractivity contribution >= 4 is 5.91 Å². The van der Waals surface area contributed by atoms with Crippen LogP contribution in [0.15, 0.2) is 9.21 Å². The predicted octanol–water partition coefficient (Wildman–Crippen LogP) is -0.452. The minimum atomic E-state index is -0.559. The highest BCUT2D eigenvalue weighted by Gasteiger charge is 2.33. The number of aromatic nitrogens is 2. The summed E-state index contributed by atoms with van der Waals surface area (Å²) in [5, 5.41) is 3.87. The zero-order valence-electron chi connectivity index (χ0n) is 8.06. The van der Waals surface area contributed by atoms with Crippen molar-refractivity contribution in [1.82, 2.24) is 14.7 Å². The molecule has 14 heavy (non-hydrogen) atoms. The third-order valence-corrected chi connectivity index (χ3v) is 2.37. The first kappa shape index (κ1) is 8.98. The lowest BCUT2D eigenvalue weighted by atomic mass is 10.3. The fourth-order valence-corrected chi connectivity index (χ4v) is 1.61.